The quantitative estimate of drug-likeness (QED) is 0.437. The average molecular weight is 401 g/mol. The van der Waals surface area contributed by atoms with Crippen LogP contribution in [0.1, 0.15) is 28.1 Å². The molecule has 0 aliphatic rings. The molecule has 0 N–H and O–H groups in total. The fraction of sp³-hybridized carbons (Fsp3) is 0.182. The van der Waals surface area contributed by atoms with Crippen LogP contribution in [0, 0.1) is 32.1 Å². The van der Waals surface area contributed by atoms with Crippen molar-refractivity contribution in [2.24, 2.45) is 0 Å². The number of rotatable bonds is 5. The van der Waals surface area contributed by atoms with Gasteiger partial charge in [0.25, 0.3) is 5.22 Å². The van der Waals surface area contributed by atoms with Crippen LogP contribution in [0.25, 0.3) is 17.1 Å². The van der Waals surface area contributed by atoms with Crippen molar-refractivity contribution in [3.63, 3.8) is 0 Å². The van der Waals surface area contributed by atoms with Crippen LogP contribution in [-0.2, 0) is 5.75 Å². The molecule has 7 heteroatoms. The van der Waals surface area contributed by atoms with E-state index in [1.807, 2.05) is 60.1 Å². The maximum absolute atomic E-state index is 9.59. The molecular formula is C22H19N5OS. The molecule has 0 saturated heterocycles. The van der Waals surface area contributed by atoms with Gasteiger partial charge in [0.15, 0.2) is 0 Å². The van der Waals surface area contributed by atoms with Gasteiger partial charge in [0.1, 0.15) is 6.07 Å². The van der Waals surface area contributed by atoms with E-state index < -0.39 is 0 Å². The molecule has 4 aromatic rings. The molecule has 2 aromatic heterocycles. The Morgan fingerprint density at radius 3 is 2.55 bits per heavy atom. The summed E-state index contributed by atoms with van der Waals surface area (Å²) in [5.41, 5.74) is 6.30. The molecule has 0 aliphatic heterocycles. The van der Waals surface area contributed by atoms with Gasteiger partial charge in [-0.3, -0.25) is 0 Å². The summed E-state index contributed by atoms with van der Waals surface area (Å²) in [4.78, 5) is 0. The number of para-hydroxylation sites is 1. The second kappa shape index (κ2) is 7.94. The third-order valence-corrected chi connectivity index (χ3v) is 5.59. The topological polar surface area (TPSA) is 80.5 Å². The molecule has 0 atom stereocenters. The zero-order valence-electron chi connectivity index (χ0n) is 16.4. The van der Waals surface area contributed by atoms with Crippen LogP contribution < -0.4 is 0 Å². The van der Waals surface area contributed by atoms with E-state index in [9.17, 15) is 5.26 Å². The smallest absolute Gasteiger partial charge is 0.277 e. The lowest BCUT2D eigenvalue weighted by molar-refractivity contribution is 0.465. The summed E-state index contributed by atoms with van der Waals surface area (Å²) in [7, 11) is 0. The molecule has 4 rings (SSSR count). The van der Waals surface area contributed by atoms with Gasteiger partial charge in [0.2, 0.25) is 5.89 Å². The predicted molar refractivity (Wildman–Crippen MR) is 112 cm³/mol. The Morgan fingerprint density at radius 2 is 1.83 bits per heavy atom. The van der Waals surface area contributed by atoms with E-state index in [0.29, 0.717) is 28.1 Å². The number of hydrogen-bond acceptors (Lipinski definition) is 6. The monoisotopic (exact) mass is 401 g/mol. The van der Waals surface area contributed by atoms with Gasteiger partial charge in [-0.15, -0.1) is 10.2 Å². The SMILES string of the molecule is Cc1ccc(-c2nnc(SCc3c(C#N)c(C)nn3-c3ccccc3)o2)cc1C. The fourth-order valence-corrected chi connectivity index (χ4v) is 3.79. The van der Waals surface area contributed by atoms with Crippen molar-refractivity contribution in [3.05, 3.63) is 76.6 Å². The van der Waals surface area contributed by atoms with E-state index in [4.69, 9.17) is 4.42 Å². The second-order valence-corrected chi connectivity index (χ2v) is 7.65. The van der Waals surface area contributed by atoms with Crippen LogP contribution in [-0.4, -0.2) is 20.0 Å². The van der Waals surface area contributed by atoms with Crippen LogP contribution in [0.2, 0.25) is 0 Å². The van der Waals surface area contributed by atoms with Crippen molar-refractivity contribution < 1.29 is 4.42 Å². The van der Waals surface area contributed by atoms with E-state index in [2.05, 4.69) is 35.2 Å². The molecule has 0 amide bonds. The van der Waals surface area contributed by atoms with Crippen molar-refractivity contribution in [1.82, 2.24) is 20.0 Å². The van der Waals surface area contributed by atoms with Crippen molar-refractivity contribution >= 4 is 11.8 Å². The lowest BCUT2D eigenvalue weighted by atomic mass is 10.1. The summed E-state index contributed by atoms with van der Waals surface area (Å²) in [6.45, 7) is 5.97. The van der Waals surface area contributed by atoms with Crippen molar-refractivity contribution in [3.8, 4) is 23.2 Å². The number of hydrogen-bond donors (Lipinski definition) is 0. The Morgan fingerprint density at radius 1 is 1.03 bits per heavy atom. The minimum atomic E-state index is 0.459. The van der Waals surface area contributed by atoms with E-state index in [0.717, 1.165) is 16.9 Å². The number of aromatic nitrogens is 4. The first-order chi connectivity index (χ1) is 14.1. The zero-order valence-corrected chi connectivity index (χ0v) is 17.2. The number of thioether (sulfide) groups is 1. The summed E-state index contributed by atoms with van der Waals surface area (Å²) in [5.74, 6) is 0.983. The van der Waals surface area contributed by atoms with E-state index in [-0.39, 0.29) is 0 Å². The van der Waals surface area contributed by atoms with Gasteiger partial charge < -0.3 is 4.42 Å². The van der Waals surface area contributed by atoms with Crippen molar-refractivity contribution in [2.75, 3.05) is 0 Å². The molecule has 29 heavy (non-hydrogen) atoms. The maximum atomic E-state index is 9.59. The van der Waals surface area contributed by atoms with E-state index in [1.54, 1.807) is 0 Å². The standard InChI is InChI=1S/C22H19N5OS/c1-14-9-10-17(11-15(14)2)21-24-25-22(28-21)29-13-20-19(12-23)16(3)26-27(20)18-7-5-4-6-8-18/h4-11H,13H2,1-3H3. The largest absolute Gasteiger partial charge is 0.411 e. The Hall–Kier alpha value is -3.37. The molecule has 0 aliphatic carbocycles. The average Bonchev–Trinajstić information content (AvgIpc) is 3.33. The highest BCUT2D eigenvalue weighted by Gasteiger charge is 2.18. The van der Waals surface area contributed by atoms with Crippen molar-refractivity contribution in [2.45, 2.75) is 31.7 Å². The van der Waals surface area contributed by atoms with Gasteiger partial charge in [-0.2, -0.15) is 10.4 Å². The molecule has 0 spiro atoms. The summed E-state index contributed by atoms with van der Waals surface area (Å²) >= 11 is 1.40. The summed E-state index contributed by atoms with van der Waals surface area (Å²) in [6, 6.07) is 18.1. The van der Waals surface area contributed by atoms with Gasteiger partial charge in [-0.05, 0) is 56.2 Å². The Labute approximate surface area is 173 Å². The Bertz CT molecular complexity index is 1200. The summed E-state index contributed by atoms with van der Waals surface area (Å²) < 4.78 is 7.65. The molecule has 6 nitrogen and oxygen atoms in total. The normalized spacial score (nSPS) is 10.8. The summed E-state index contributed by atoms with van der Waals surface area (Å²) in [5, 5.41) is 22.9. The van der Waals surface area contributed by atoms with E-state index >= 15 is 0 Å². The van der Waals surface area contributed by atoms with Crippen LogP contribution >= 0.6 is 11.8 Å². The molecule has 0 bridgehead atoms. The predicted octanol–water partition coefficient (Wildman–Crippen LogP) is 5.01. The highest BCUT2D eigenvalue weighted by Crippen LogP contribution is 2.29. The van der Waals surface area contributed by atoms with Gasteiger partial charge in [-0.25, -0.2) is 4.68 Å². The third kappa shape index (κ3) is 3.80. The van der Waals surface area contributed by atoms with Gasteiger partial charge >= 0.3 is 0 Å². The highest BCUT2D eigenvalue weighted by molar-refractivity contribution is 7.98. The van der Waals surface area contributed by atoms with Crippen molar-refractivity contribution in [1.29, 1.82) is 5.26 Å². The highest BCUT2D eigenvalue weighted by atomic mass is 32.2. The molecule has 0 radical (unpaired) electrons. The molecule has 2 aromatic carbocycles. The van der Waals surface area contributed by atoms with Crippen LogP contribution in [0.15, 0.2) is 58.2 Å². The lowest BCUT2D eigenvalue weighted by Gasteiger charge is -2.06. The zero-order chi connectivity index (χ0) is 20.4. The molecule has 0 saturated carbocycles. The second-order valence-electron chi connectivity index (χ2n) is 6.73. The van der Waals surface area contributed by atoms with Gasteiger partial charge in [-0.1, -0.05) is 36.0 Å². The third-order valence-electron chi connectivity index (χ3n) is 4.76. The van der Waals surface area contributed by atoms with Crippen LogP contribution in [0.3, 0.4) is 0 Å². The van der Waals surface area contributed by atoms with Gasteiger partial charge in [0, 0.05) is 11.3 Å². The number of nitrogens with zero attached hydrogens (tertiary/aromatic N) is 5. The first kappa shape index (κ1) is 19.0. The van der Waals surface area contributed by atoms with Crippen LogP contribution in [0.5, 0.6) is 0 Å². The Balaban J connectivity index is 1.59. The number of nitriles is 1. The maximum Gasteiger partial charge on any atom is 0.277 e. The minimum Gasteiger partial charge on any atom is -0.411 e. The first-order valence-corrected chi connectivity index (χ1v) is 10.1. The molecule has 2 heterocycles. The molecule has 0 fully saturated rings. The molecule has 0 unspecified atom stereocenters. The number of aryl methyl sites for hydroxylation is 3. The lowest BCUT2D eigenvalue weighted by Crippen LogP contribution is -2.02. The van der Waals surface area contributed by atoms with Gasteiger partial charge in [0.05, 0.1) is 22.6 Å². The number of benzene rings is 2. The first-order valence-electron chi connectivity index (χ1n) is 9.14. The van der Waals surface area contributed by atoms with Crippen LogP contribution in [0.4, 0.5) is 0 Å². The minimum absolute atomic E-state index is 0.459. The molecule has 144 valence electrons. The van der Waals surface area contributed by atoms with E-state index in [1.165, 1.54) is 22.9 Å². The summed E-state index contributed by atoms with van der Waals surface area (Å²) in [6.07, 6.45) is 0. The Kier molecular flexibility index (Phi) is 5.19. The fourth-order valence-electron chi connectivity index (χ4n) is 3.03. The molecular weight excluding hydrogens is 382 g/mol.